The molecule has 7 nitrogen and oxygen atoms in total. The normalized spacial score (nSPS) is 17.5. The number of piperidine rings is 1. The van der Waals surface area contributed by atoms with Gasteiger partial charge in [-0.1, -0.05) is 0 Å². The van der Waals surface area contributed by atoms with Crippen molar-refractivity contribution in [2.24, 2.45) is 5.73 Å². The second kappa shape index (κ2) is 9.81. The molecule has 1 fully saturated rings. The zero-order valence-electron chi connectivity index (χ0n) is 17.4. The lowest BCUT2D eigenvalue weighted by Gasteiger charge is -2.38. The van der Waals surface area contributed by atoms with Crippen molar-refractivity contribution in [3.05, 3.63) is 36.2 Å². The number of rotatable bonds is 4. The Morgan fingerprint density at radius 3 is 2.67 bits per heavy atom. The van der Waals surface area contributed by atoms with Gasteiger partial charge in [-0.15, -0.1) is 24.8 Å². The van der Waals surface area contributed by atoms with E-state index in [0.29, 0.717) is 22.7 Å². The first-order valence-corrected chi connectivity index (χ1v) is 9.96. The standard InChI is InChI=1S/C21H27N5O2.2ClH/c1-13(2)26-20-16(12-23-26)15(11-17(24-20)19-8-6-10-28-19)21(27)25-9-5-4-7-18(25)14(3)22;;/h6,8,10-14,18H,4-5,7,9,22H2,1-3H3;2*1H. The van der Waals surface area contributed by atoms with Gasteiger partial charge in [0.25, 0.3) is 5.91 Å². The molecule has 0 spiro atoms. The molecule has 3 aromatic rings. The van der Waals surface area contributed by atoms with Crippen LogP contribution in [-0.2, 0) is 0 Å². The van der Waals surface area contributed by atoms with Gasteiger partial charge < -0.3 is 15.1 Å². The molecule has 4 heterocycles. The summed E-state index contributed by atoms with van der Waals surface area (Å²) in [5.74, 6) is 0.625. The molecule has 2 unspecified atom stereocenters. The van der Waals surface area contributed by atoms with Crippen LogP contribution in [0.1, 0.15) is 56.4 Å². The Balaban J connectivity index is 0.00000160. The lowest BCUT2D eigenvalue weighted by Crippen LogP contribution is -2.51. The summed E-state index contributed by atoms with van der Waals surface area (Å²) in [6, 6.07) is 5.61. The van der Waals surface area contributed by atoms with Crippen LogP contribution in [0.25, 0.3) is 22.5 Å². The molecule has 4 rings (SSSR count). The lowest BCUT2D eigenvalue weighted by molar-refractivity contribution is 0.0586. The van der Waals surface area contributed by atoms with Crippen molar-refractivity contribution in [2.45, 2.75) is 58.2 Å². The maximum atomic E-state index is 13.6. The average molecular weight is 454 g/mol. The van der Waals surface area contributed by atoms with E-state index in [4.69, 9.17) is 15.1 Å². The molecule has 3 aromatic heterocycles. The van der Waals surface area contributed by atoms with Crippen LogP contribution in [0.15, 0.2) is 35.1 Å². The third-order valence-corrected chi connectivity index (χ3v) is 5.48. The van der Waals surface area contributed by atoms with Crippen LogP contribution in [0, 0.1) is 0 Å². The van der Waals surface area contributed by atoms with Crippen LogP contribution in [0.4, 0.5) is 0 Å². The van der Waals surface area contributed by atoms with E-state index in [1.165, 1.54) is 0 Å². The molecule has 2 N–H and O–H groups in total. The molecule has 1 amide bonds. The summed E-state index contributed by atoms with van der Waals surface area (Å²) in [6.45, 7) is 6.80. The van der Waals surface area contributed by atoms with Gasteiger partial charge >= 0.3 is 0 Å². The number of fused-ring (bicyclic) bond motifs is 1. The first-order chi connectivity index (χ1) is 13.5. The van der Waals surface area contributed by atoms with Gasteiger partial charge in [-0.25, -0.2) is 9.67 Å². The van der Waals surface area contributed by atoms with Gasteiger partial charge in [0, 0.05) is 24.7 Å². The number of aromatic nitrogens is 3. The van der Waals surface area contributed by atoms with E-state index in [2.05, 4.69) is 5.10 Å². The molecule has 1 aliphatic heterocycles. The first-order valence-electron chi connectivity index (χ1n) is 9.96. The van der Waals surface area contributed by atoms with Crippen LogP contribution in [0.5, 0.6) is 0 Å². The highest BCUT2D eigenvalue weighted by atomic mass is 35.5. The minimum atomic E-state index is -0.0653. The lowest BCUT2D eigenvalue weighted by atomic mass is 9.95. The quantitative estimate of drug-likeness (QED) is 0.629. The highest BCUT2D eigenvalue weighted by Gasteiger charge is 2.31. The maximum absolute atomic E-state index is 13.6. The van der Waals surface area contributed by atoms with Gasteiger partial charge in [0.15, 0.2) is 11.4 Å². The summed E-state index contributed by atoms with van der Waals surface area (Å²) in [4.78, 5) is 20.3. The van der Waals surface area contributed by atoms with Crippen LogP contribution < -0.4 is 5.73 Å². The number of carbonyl (C=O) groups is 1. The average Bonchev–Trinajstić information content (AvgIpc) is 3.36. The van der Waals surface area contributed by atoms with Crippen molar-refractivity contribution in [2.75, 3.05) is 6.54 Å². The molecule has 0 bridgehead atoms. The van der Waals surface area contributed by atoms with Crippen LogP contribution >= 0.6 is 24.8 Å². The Hall–Kier alpha value is -2.09. The SMILES string of the molecule is CC(N)C1CCCCN1C(=O)c1cc(-c2ccco2)nc2c1cnn2C(C)C.Cl.Cl. The van der Waals surface area contributed by atoms with E-state index in [9.17, 15) is 4.79 Å². The number of nitrogens with zero attached hydrogens (tertiary/aromatic N) is 4. The number of hydrogen-bond donors (Lipinski definition) is 1. The number of carbonyl (C=O) groups excluding carboxylic acids is 1. The number of furan rings is 1. The molecule has 2 atom stereocenters. The number of halogens is 2. The fourth-order valence-corrected chi connectivity index (χ4v) is 4.03. The topological polar surface area (TPSA) is 90.2 Å². The Kier molecular flexibility index (Phi) is 7.91. The predicted molar refractivity (Wildman–Crippen MR) is 122 cm³/mol. The molecule has 0 saturated carbocycles. The number of hydrogen-bond acceptors (Lipinski definition) is 5. The van der Waals surface area contributed by atoms with Crippen molar-refractivity contribution >= 4 is 41.8 Å². The largest absolute Gasteiger partial charge is 0.463 e. The molecule has 30 heavy (non-hydrogen) atoms. The van der Waals surface area contributed by atoms with Crippen molar-refractivity contribution in [1.82, 2.24) is 19.7 Å². The van der Waals surface area contributed by atoms with Gasteiger partial charge in [-0.05, 0) is 58.2 Å². The van der Waals surface area contributed by atoms with E-state index in [1.54, 1.807) is 12.5 Å². The zero-order chi connectivity index (χ0) is 19.8. The Morgan fingerprint density at radius 1 is 1.27 bits per heavy atom. The number of amides is 1. The van der Waals surface area contributed by atoms with E-state index in [-0.39, 0.29) is 48.8 Å². The Morgan fingerprint density at radius 2 is 2.03 bits per heavy atom. The van der Waals surface area contributed by atoms with E-state index < -0.39 is 0 Å². The zero-order valence-corrected chi connectivity index (χ0v) is 19.1. The molecule has 1 saturated heterocycles. The first kappa shape index (κ1) is 24.2. The number of pyridine rings is 1. The summed E-state index contributed by atoms with van der Waals surface area (Å²) >= 11 is 0. The summed E-state index contributed by atoms with van der Waals surface area (Å²) < 4.78 is 7.39. The predicted octanol–water partition coefficient (Wildman–Crippen LogP) is 4.46. The molecule has 164 valence electrons. The van der Waals surface area contributed by atoms with E-state index in [1.807, 2.05) is 48.6 Å². The highest BCUT2D eigenvalue weighted by Crippen LogP contribution is 2.29. The molecule has 9 heteroatoms. The van der Waals surface area contributed by atoms with Crippen molar-refractivity contribution < 1.29 is 9.21 Å². The van der Waals surface area contributed by atoms with Crippen LogP contribution in [-0.4, -0.2) is 44.2 Å². The van der Waals surface area contributed by atoms with Crippen molar-refractivity contribution in [1.29, 1.82) is 0 Å². The minimum absolute atomic E-state index is 0. The van der Waals surface area contributed by atoms with Gasteiger partial charge in [0.05, 0.1) is 23.4 Å². The van der Waals surface area contributed by atoms with Crippen molar-refractivity contribution in [3.8, 4) is 11.5 Å². The van der Waals surface area contributed by atoms with Gasteiger partial charge in [-0.2, -0.15) is 5.10 Å². The van der Waals surface area contributed by atoms with Gasteiger partial charge in [0.2, 0.25) is 0 Å². The summed E-state index contributed by atoms with van der Waals surface area (Å²) in [7, 11) is 0. The van der Waals surface area contributed by atoms with Crippen LogP contribution in [0.2, 0.25) is 0 Å². The van der Waals surface area contributed by atoms with Gasteiger partial charge in [-0.3, -0.25) is 4.79 Å². The molecular weight excluding hydrogens is 425 g/mol. The van der Waals surface area contributed by atoms with Gasteiger partial charge in [0.1, 0.15) is 5.69 Å². The Labute approximate surface area is 188 Å². The molecule has 0 aliphatic carbocycles. The third-order valence-electron chi connectivity index (χ3n) is 5.48. The monoisotopic (exact) mass is 453 g/mol. The number of nitrogens with two attached hydrogens (primary N) is 1. The Bertz CT molecular complexity index is 985. The van der Waals surface area contributed by atoms with E-state index >= 15 is 0 Å². The van der Waals surface area contributed by atoms with E-state index in [0.717, 1.165) is 31.2 Å². The molecule has 0 radical (unpaired) electrons. The summed E-state index contributed by atoms with van der Waals surface area (Å²) in [5, 5.41) is 5.25. The van der Waals surface area contributed by atoms with Crippen molar-refractivity contribution in [3.63, 3.8) is 0 Å². The molecule has 0 aromatic carbocycles. The van der Waals surface area contributed by atoms with Crippen LogP contribution in [0.3, 0.4) is 0 Å². The fraction of sp³-hybridized carbons (Fsp3) is 0.476. The minimum Gasteiger partial charge on any atom is -0.463 e. The molecule has 1 aliphatic rings. The highest BCUT2D eigenvalue weighted by molar-refractivity contribution is 6.06. The number of likely N-dealkylation sites (tertiary alicyclic amines) is 1. The second-order valence-electron chi connectivity index (χ2n) is 7.87. The maximum Gasteiger partial charge on any atom is 0.255 e. The third kappa shape index (κ3) is 4.33. The second-order valence-corrected chi connectivity index (χ2v) is 7.87. The fourth-order valence-electron chi connectivity index (χ4n) is 4.03. The summed E-state index contributed by atoms with van der Waals surface area (Å²) in [6.07, 6.45) is 6.39. The summed E-state index contributed by atoms with van der Waals surface area (Å²) in [5.41, 5.74) is 8.14. The smallest absolute Gasteiger partial charge is 0.255 e. The molecular formula is C21H29Cl2N5O2.